The van der Waals surface area contributed by atoms with Gasteiger partial charge in [-0.25, -0.2) is 19.3 Å². The predicted octanol–water partition coefficient (Wildman–Crippen LogP) is 0.373. The van der Waals surface area contributed by atoms with Crippen molar-refractivity contribution in [1.29, 1.82) is 0 Å². The molecule has 2 N–H and O–H groups in total. The van der Waals surface area contributed by atoms with Gasteiger partial charge in [0.1, 0.15) is 16.1 Å². The van der Waals surface area contributed by atoms with Gasteiger partial charge in [0.15, 0.2) is 5.65 Å². The molecule has 0 bridgehead atoms. The molecule has 90 valence electrons. The number of carboxylic acid groups (broad SMARTS) is 1. The van der Waals surface area contributed by atoms with Gasteiger partial charge in [0.25, 0.3) is 0 Å². The van der Waals surface area contributed by atoms with Gasteiger partial charge in [0.05, 0.1) is 0 Å². The molecule has 2 heterocycles. The Morgan fingerprint density at radius 2 is 2.29 bits per heavy atom. The Balaban J connectivity index is 2.38. The summed E-state index contributed by atoms with van der Waals surface area (Å²) >= 11 is 1.10. The van der Waals surface area contributed by atoms with Gasteiger partial charge in [0.2, 0.25) is 0 Å². The maximum absolute atomic E-state index is 11.2. The molecule has 0 saturated heterocycles. The number of H-pyrrole nitrogens is 1. The first-order valence-corrected chi connectivity index (χ1v) is 5.57. The van der Waals surface area contributed by atoms with Crippen LogP contribution in [0.2, 0.25) is 0 Å². The fourth-order valence-corrected chi connectivity index (χ4v) is 2.03. The van der Waals surface area contributed by atoms with Gasteiger partial charge in [-0.05, 0) is 13.8 Å². The van der Waals surface area contributed by atoms with Gasteiger partial charge in [0, 0.05) is 6.07 Å². The number of hydrogen-bond acceptors (Lipinski definition) is 5. The van der Waals surface area contributed by atoms with Crippen LogP contribution >= 0.6 is 11.8 Å². The number of aromatic nitrogens is 4. The molecular weight excluding hydrogens is 244 g/mol. The number of aromatic amines is 1. The third-order valence-corrected chi connectivity index (χ3v) is 3.28. The topological polar surface area (TPSA) is 100 Å². The van der Waals surface area contributed by atoms with Crippen LogP contribution in [0.4, 0.5) is 0 Å². The highest BCUT2D eigenvalue weighted by Crippen LogP contribution is 2.31. The summed E-state index contributed by atoms with van der Waals surface area (Å²) in [5.41, 5.74) is 0.0373. The van der Waals surface area contributed by atoms with E-state index in [1.54, 1.807) is 19.9 Å². The van der Waals surface area contributed by atoms with Crippen molar-refractivity contribution in [3.63, 3.8) is 0 Å². The van der Waals surface area contributed by atoms with Crippen LogP contribution in [0.1, 0.15) is 13.8 Å². The molecule has 2 rings (SSSR count). The quantitative estimate of drug-likeness (QED) is 0.606. The van der Waals surface area contributed by atoms with Gasteiger partial charge in [-0.3, -0.25) is 4.79 Å². The Morgan fingerprint density at radius 1 is 1.59 bits per heavy atom. The Bertz CT molecular complexity index is 630. The van der Waals surface area contributed by atoms with E-state index in [4.69, 9.17) is 5.11 Å². The van der Waals surface area contributed by atoms with E-state index in [2.05, 4.69) is 15.2 Å². The van der Waals surface area contributed by atoms with Crippen molar-refractivity contribution in [2.75, 3.05) is 0 Å². The Kier molecular flexibility index (Phi) is 2.66. The lowest BCUT2D eigenvalue weighted by atomic mass is 10.2. The van der Waals surface area contributed by atoms with E-state index >= 15 is 0 Å². The SMILES string of the molecule is CC(C)(Sc1cc2n[nH]c(=O)n2cn1)C(=O)O. The highest BCUT2D eigenvalue weighted by atomic mass is 32.2. The Morgan fingerprint density at radius 3 is 2.94 bits per heavy atom. The molecule has 0 spiro atoms. The summed E-state index contributed by atoms with van der Waals surface area (Å²) in [7, 11) is 0. The molecule has 17 heavy (non-hydrogen) atoms. The zero-order valence-corrected chi connectivity index (χ0v) is 9.98. The van der Waals surface area contributed by atoms with Crippen molar-refractivity contribution in [2.24, 2.45) is 0 Å². The van der Waals surface area contributed by atoms with Crippen LogP contribution in [0.5, 0.6) is 0 Å². The van der Waals surface area contributed by atoms with Crippen molar-refractivity contribution < 1.29 is 9.90 Å². The second-order valence-electron chi connectivity index (χ2n) is 3.90. The largest absolute Gasteiger partial charge is 0.480 e. The average molecular weight is 254 g/mol. The van der Waals surface area contributed by atoms with Crippen molar-refractivity contribution in [2.45, 2.75) is 23.6 Å². The molecule has 0 aliphatic rings. The minimum absolute atomic E-state index is 0.374. The summed E-state index contributed by atoms with van der Waals surface area (Å²) in [5.74, 6) is -0.927. The molecule has 2 aromatic rings. The highest BCUT2D eigenvalue weighted by Gasteiger charge is 2.29. The van der Waals surface area contributed by atoms with E-state index in [-0.39, 0.29) is 5.69 Å². The lowest BCUT2D eigenvalue weighted by Gasteiger charge is -2.17. The van der Waals surface area contributed by atoms with E-state index in [9.17, 15) is 9.59 Å². The average Bonchev–Trinajstić information content (AvgIpc) is 2.59. The van der Waals surface area contributed by atoms with Crippen molar-refractivity contribution in [3.05, 3.63) is 22.9 Å². The summed E-state index contributed by atoms with van der Waals surface area (Å²) < 4.78 is 0.264. The number of nitrogens with zero attached hydrogens (tertiary/aromatic N) is 3. The van der Waals surface area contributed by atoms with Gasteiger partial charge >= 0.3 is 11.7 Å². The van der Waals surface area contributed by atoms with Gasteiger partial charge in [-0.1, -0.05) is 11.8 Å². The molecule has 0 aliphatic heterocycles. The molecule has 0 saturated carbocycles. The second-order valence-corrected chi connectivity index (χ2v) is 5.54. The number of carbonyl (C=O) groups is 1. The smallest absolute Gasteiger partial charge is 0.348 e. The summed E-state index contributed by atoms with van der Waals surface area (Å²) in [6.07, 6.45) is 1.32. The van der Waals surface area contributed by atoms with Crippen LogP contribution in [0, 0.1) is 0 Å². The number of aliphatic carboxylic acids is 1. The summed E-state index contributed by atoms with van der Waals surface area (Å²) in [6.45, 7) is 3.17. The molecule has 0 atom stereocenters. The molecule has 0 aromatic carbocycles. The lowest BCUT2D eigenvalue weighted by Crippen LogP contribution is -2.27. The minimum Gasteiger partial charge on any atom is -0.480 e. The summed E-state index contributed by atoms with van der Waals surface area (Å²) in [6, 6.07) is 1.56. The Hall–Kier alpha value is -1.83. The van der Waals surface area contributed by atoms with Crippen LogP contribution < -0.4 is 5.69 Å². The van der Waals surface area contributed by atoms with E-state index in [1.807, 2.05) is 0 Å². The number of fused-ring (bicyclic) bond motifs is 1. The lowest BCUT2D eigenvalue weighted by molar-refractivity contribution is -0.138. The number of hydrogen-bond donors (Lipinski definition) is 2. The van der Waals surface area contributed by atoms with Crippen molar-refractivity contribution in [1.82, 2.24) is 19.6 Å². The highest BCUT2D eigenvalue weighted by molar-refractivity contribution is 8.01. The maximum atomic E-state index is 11.2. The normalized spacial score (nSPS) is 11.9. The summed E-state index contributed by atoms with van der Waals surface area (Å²) in [4.78, 5) is 26.2. The molecule has 0 aliphatic carbocycles. The number of carboxylic acids is 1. The summed E-state index contributed by atoms with van der Waals surface area (Å²) in [5, 5.41) is 15.6. The fraction of sp³-hybridized carbons (Fsp3) is 0.333. The molecule has 2 aromatic heterocycles. The molecule has 8 heteroatoms. The molecular formula is C9H10N4O3S. The van der Waals surface area contributed by atoms with Crippen LogP contribution in [0.15, 0.2) is 22.2 Å². The third kappa shape index (κ3) is 2.16. The monoisotopic (exact) mass is 254 g/mol. The molecule has 0 radical (unpaired) electrons. The predicted molar refractivity (Wildman–Crippen MR) is 61.2 cm³/mol. The first-order valence-electron chi connectivity index (χ1n) is 4.75. The van der Waals surface area contributed by atoms with Gasteiger partial charge in [-0.15, -0.1) is 0 Å². The number of nitrogens with one attached hydrogen (secondary N) is 1. The first kappa shape index (κ1) is 11.6. The third-order valence-electron chi connectivity index (χ3n) is 2.16. The zero-order chi connectivity index (χ0) is 12.6. The number of thioether (sulfide) groups is 1. The van der Waals surface area contributed by atoms with Crippen molar-refractivity contribution >= 4 is 23.4 Å². The van der Waals surface area contributed by atoms with Crippen LogP contribution in [0.3, 0.4) is 0 Å². The van der Waals surface area contributed by atoms with E-state index in [0.717, 1.165) is 11.8 Å². The van der Waals surface area contributed by atoms with Crippen LogP contribution in [-0.4, -0.2) is 35.4 Å². The molecule has 7 nitrogen and oxygen atoms in total. The number of rotatable bonds is 3. The van der Waals surface area contributed by atoms with Crippen LogP contribution in [0.25, 0.3) is 5.65 Å². The fourth-order valence-electron chi connectivity index (χ4n) is 1.15. The molecule has 0 unspecified atom stereocenters. The first-order chi connectivity index (χ1) is 7.90. The van der Waals surface area contributed by atoms with Crippen molar-refractivity contribution in [3.8, 4) is 0 Å². The standard InChI is InChI=1S/C9H10N4O3S/c1-9(2,7(14)15)17-6-3-5-11-12-8(16)13(5)4-10-6/h3-4H,1-2H3,(H,12,16)(H,14,15). The Labute approximate surface area is 99.9 Å². The zero-order valence-electron chi connectivity index (χ0n) is 9.17. The van der Waals surface area contributed by atoms with Gasteiger partial charge in [-0.2, -0.15) is 5.10 Å². The molecule has 0 fully saturated rings. The van der Waals surface area contributed by atoms with E-state index < -0.39 is 10.7 Å². The minimum atomic E-state index is -0.984. The maximum Gasteiger partial charge on any atom is 0.348 e. The van der Waals surface area contributed by atoms with E-state index in [1.165, 1.54) is 10.7 Å². The van der Waals surface area contributed by atoms with Crippen LogP contribution in [-0.2, 0) is 4.79 Å². The second kappa shape index (κ2) is 3.88. The van der Waals surface area contributed by atoms with E-state index in [0.29, 0.717) is 10.7 Å². The molecule has 0 amide bonds. The van der Waals surface area contributed by atoms with Gasteiger partial charge < -0.3 is 5.11 Å².